The Hall–Kier alpha value is -3.52. The number of aliphatic hydroxyl groups is 1. The third kappa shape index (κ3) is 8.61. The summed E-state index contributed by atoms with van der Waals surface area (Å²) in [5.41, 5.74) is 9.98. The zero-order valence-corrected chi connectivity index (χ0v) is 20.9. The lowest BCUT2D eigenvalue weighted by Crippen LogP contribution is -2.51. The Morgan fingerprint density at radius 3 is 2.28 bits per heavy atom. The Balaban J connectivity index is 1.61. The quantitative estimate of drug-likeness (QED) is 0.312. The molecule has 5 N–H and O–H groups in total. The lowest BCUT2D eigenvalue weighted by molar-refractivity contribution is -0.131. The third-order valence-electron chi connectivity index (χ3n) is 5.58. The average Bonchev–Trinajstić information content (AvgIpc) is 2.86. The number of nitrogens with one attached hydrogen (secondary N) is 2. The summed E-state index contributed by atoms with van der Waals surface area (Å²) in [6, 6.07) is 24.3. The monoisotopic (exact) mass is 489 g/mol. The second-order valence-electron chi connectivity index (χ2n) is 9.52. The second kappa shape index (κ2) is 13.0. The van der Waals surface area contributed by atoms with Crippen molar-refractivity contribution >= 4 is 11.8 Å². The molecule has 2 amide bonds. The van der Waals surface area contributed by atoms with Gasteiger partial charge in [-0.15, -0.1) is 0 Å². The van der Waals surface area contributed by atoms with Crippen LogP contribution in [0.1, 0.15) is 37.0 Å². The van der Waals surface area contributed by atoms with Gasteiger partial charge in [0.25, 0.3) is 0 Å². The maximum absolute atomic E-state index is 13.0. The summed E-state index contributed by atoms with van der Waals surface area (Å²) in [6.07, 6.45) is 0.0895. The van der Waals surface area contributed by atoms with Crippen LogP contribution in [-0.2, 0) is 34.1 Å². The Morgan fingerprint density at radius 2 is 1.61 bits per heavy atom. The highest BCUT2D eigenvalue weighted by Gasteiger charge is 2.24. The number of benzene rings is 3. The maximum atomic E-state index is 13.0. The van der Waals surface area contributed by atoms with Gasteiger partial charge in [-0.2, -0.15) is 0 Å². The number of carbonyl (C=O) groups is 2. The number of aliphatic hydroxyl groups excluding tert-OH is 1. The van der Waals surface area contributed by atoms with E-state index in [-0.39, 0.29) is 31.4 Å². The first-order valence-corrected chi connectivity index (χ1v) is 12.0. The molecule has 0 bridgehead atoms. The van der Waals surface area contributed by atoms with E-state index in [4.69, 9.17) is 10.5 Å². The summed E-state index contributed by atoms with van der Waals surface area (Å²) in [6.45, 7) is 4.16. The van der Waals surface area contributed by atoms with Gasteiger partial charge in [0.15, 0.2) is 0 Å². The van der Waals surface area contributed by atoms with Crippen molar-refractivity contribution in [2.24, 2.45) is 5.73 Å². The second-order valence-corrected chi connectivity index (χ2v) is 9.52. The summed E-state index contributed by atoms with van der Waals surface area (Å²) in [7, 11) is 0. The van der Waals surface area contributed by atoms with Gasteiger partial charge in [-0.05, 0) is 41.7 Å². The van der Waals surface area contributed by atoms with E-state index in [0.29, 0.717) is 13.2 Å². The van der Waals surface area contributed by atoms with Crippen LogP contribution in [0.25, 0.3) is 11.1 Å². The van der Waals surface area contributed by atoms with Gasteiger partial charge < -0.3 is 26.2 Å². The van der Waals surface area contributed by atoms with Crippen molar-refractivity contribution in [1.82, 2.24) is 10.6 Å². The minimum Gasteiger partial charge on any atom is -0.392 e. The number of nitrogens with two attached hydrogens (primary N) is 1. The molecule has 36 heavy (non-hydrogen) atoms. The molecule has 190 valence electrons. The van der Waals surface area contributed by atoms with E-state index in [1.54, 1.807) is 13.8 Å². The van der Waals surface area contributed by atoms with Crippen LogP contribution in [0.3, 0.4) is 0 Å². The normalized spacial score (nSPS) is 12.1. The van der Waals surface area contributed by atoms with E-state index in [0.717, 1.165) is 27.8 Å². The van der Waals surface area contributed by atoms with Crippen LogP contribution >= 0.6 is 0 Å². The number of carbonyl (C=O) groups excluding carboxylic acids is 2. The molecule has 7 nitrogen and oxygen atoms in total. The van der Waals surface area contributed by atoms with Crippen molar-refractivity contribution in [3.8, 4) is 11.1 Å². The van der Waals surface area contributed by atoms with Crippen LogP contribution in [0.2, 0.25) is 0 Å². The molecule has 0 radical (unpaired) electrons. The zero-order valence-electron chi connectivity index (χ0n) is 20.9. The SMILES string of the molecule is CC(C)(N)CC(=O)N[C@H](COCc1ccccc1)C(=O)NCc1ccc(-c2ccccc2CO)cc1. The van der Waals surface area contributed by atoms with Gasteiger partial charge in [-0.25, -0.2) is 0 Å². The van der Waals surface area contributed by atoms with Crippen molar-refractivity contribution in [3.63, 3.8) is 0 Å². The summed E-state index contributed by atoms with van der Waals surface area (Å²) in [5, 5.41) is 15.2. The van der Waals surface area contributed by atoms with Gasteiger partial charge in [-0.1, -0.05) is 78.9 Å². The molecule has 0 fully saturated rings. The van der Waals surface area contributed by atoms with E-state index < -0.39 is 11.6 Å². The molecule has 3 aromatic rings. The van der Waals surface area contributed by atoms with Crippen molar-refractivity contribution in [2.75, 3.05) is 6.61 Å². The molecule has 0 aliphatic carbocycles. The van der Waals surface area contributed by atoms with E-state index in [2.05, 4.69) is 10.6 Å². The summed E-state index contributed by atoms with van der Waals surface area (Å²) in [4.78, 5) is 25.4. The smallest absolute Gasteiger partial charge is 0.245 e. The topological polar surface area (TPSA) is 114 Å². The predicted molar refractivity (Wildman–Crippen MR) is 141 cm³/mol. The average molecular weight is 490 g/mol. The molecule has 0 unspecified atom stereocenters. The van der Waals surface area contributed by atoms with Gasteiger partial charge in [-0.3, -0.25) is 9.59 Å². The van der Waals surface area contributed by atoms with Crippen LogP contribution in [0.4, 0.5) is 0 Å². The standard InChI is InChI=1S/C29H35N3O4/c1-29(2,30)16-27(34)32-26(20-36-19-22-8-4-3-5-9-22)28(35)31-17-21-12-14-23(15-13-21)25-11-7-6-10-24(25)18-33/h3-15,26,33H,16-20,30H2,1-2H3,(H,31,35)(H,32,34)/t26-/m1/s1. The molecule has 0 aliphatic rings. The lowest BCUT2D eigenvalue weighted by atomic mass is 9.99. The van der Waals surface area contributed by atoms with Crippen LogP contribution in [-0.4, -0.2) is 35.1 Å². The van der Waals surface area contributed by atoms with E-state index in [1.807, 2.05) is 78.9 Å². The fourth-order valence-corrected chi connectivity index (χ4v) is 3.77. The van der Waals surface area contributed by atoms with Crippen LogP contribution < -0.4 is 16.4 Å². The van der Waals surface area contributed by atoms with Crippen molar-refractivity contribution in [1.29, 1.82) is 0 Å². The van der Waals surface area contributed by atoms with Crippen LogP contribution in [0.15, 0.2) is 78.9 Å². The molecule has 3 rings (SSSR count). The number of hydrogen-bond donors (Lipinski definition) is 4. The number of rotatable bonds is 12. The predicted octanol–water partition coefficient (Wildman–Crippen LogP) is 3.29. The Kier molecular flexibility index (Phi) is 9.76. The molecule has 0 saturated carbocycles. The zero-order chi connectivity index (χ0) is 26.0. The van der Waals surface area contributed by atoms with Crippen LogP contribution in [0.5, 0.6) is 0 Å². The van der Waals surface area contributed by atoms with Crippen molar-refractivity contribution in [3.05, 3.63) is 95.6 Å². The molecular formula is C29H35N3O4. The minimum atomic E-state index is -0.848. The summed E-state index contributed by atoms with van der Waals surface area (Å²) in [5.74, 6) is -0.640. The molecular weight excluding hydrogens is 454 g/mol. The number of hydrogen-bond acceptors (Lipinski definition) is 5. The number of amides is 2. The fraction of sp³-hybridized carbons (Fsp3) is 0.310. The molecule has 0 heterocycles. The molecule has 0 saturated heterocycles. The fourth-order valence-electron chi connectivity index (χ4n) is 3.77. The maximum Gasteiger partial charge on any atom is 0.245 e. The van der Waals surface area contributed by atoms with Gasteiger partial charge >= 0.3 is 0 Å². The van der Waals surface area contributed by atoms with E-state index in [1.165, 1.54) is 0 Å². The van der Waals surface area contributed by atoms with Gasteiger partial charge in [0, 0.05) is 18.5 Å². The van der Waals surface area contributed by atoms with Gasteiger partial charge in [0.1, 0.15) is 6.04 Å². The first-order valence-electron chi connectivity index (χ1n) is 12.0. The highest BCUT2D eigenvalue weighted by atomic mass is 16.5. The minimum absolute atomic E-state index is 0.0330. The van der Waals surface area contributed by atoms with Crippen molar-refractivity contribution in [2.45, 2.75) is 51.6 Å². The molecule has 7 heteroatoms. The molecule has 1 atom stereocenters. The highest BCUT2D eigenvalue weighted by Crippen LogP contribution is 2.24. The first-order chi connectivity index (χ1) is 17.2. The largest absolute Gasteiger partial charge is 0.392 e. The Labute approximate surface area is 212 Å². The molecule has 0 aliphatic heterocycles. The highest BCUT2D eigenvalue weighted by molar-refractivity contribution is 5.88. The van der Waals surface area contributed by atoms with Gasteiger partial charge in [0.05, 0.1) is 19.8 Å². The summed E-state index contributed by atoms with van der Waals surface area (Å²) < 4.78 is 5.75. The molecule has 3 aromatic carbocycles. The Morgan fingerprint density at radius 1 is 0.944 bits per heavy atom. The van der Waals surface area contributed by atoms with E-state index >= 15 is 0 Å². The lowest BCUT2D eigenvalue weighted by Gasteiger charge is -2.22. The number of ether oxygens (including phenoxy) is 1. The van der Waals surface area contributed by atoms with Crippen molar-refractivity contribution < 1.29 is 19.4 Å². The van der Waals surface area contributed by atoms with Crippen LogP contribution in [0, 0.1) is 0 Å². The Bertz CT molecular complexity index is 1130. The van der Waals surface area contributed by atoms with E-state index in [9.17, 15) is 14.7 Å². The van der Waals surface area contributed by atoms with Gasteiger partial charge in [0.2, 0.25) is 11.8 Å². The first kappa shape index (κ1) is 27.1. The molecule has 0 aromatic heterocycles. The third-order valence-corrected chi connectivity index (χ3v) is 5.58. The summed E-state index contributed by atoms with van der Waals surface area (Å²) >= 11 is 0. The molecule has 0 spiro atoms.